The minimum atomic E-state index is 0.00370. The summed E-state index contributed by atoms with van der Waals surface area (Å²) in [5, 5.41) is 4.98. The standard InChI is InChI=1S/C23H24ClN5O/c24-20(21(25)16-9-3-1-4-10-16)19-22(17-11-5-2-6-12-17)27-29(23(19)26)15-18(30)28-13-7-8-14-28/h1-6,9-12H,7-8,13-15,25-26H2/b21-20+. The second-order valence-corrected chi connectivity index (χ2v) is 7.69. The molecule has 0 saturated carbocycles. The van der Waals surface area contributed by atoms with Crippen molar-refractivity contribution in [2.75, 3.05) is 18.8 Å². The van der Waals surface area contributed by atoms with Crippen molar-refractivity contribution in [1.29, 1.82) is 0 Å². The Labute approximate surface area is 180 Å². The van der Waals surface area contributed by atoms with Gasteiger partial charge in [0.1, 0.15) is 18.1 Å². The smallest absolute Gasteiger partial charge is 0.244 e. The monoisotopic (exact) mass is 421 g/mol. The summed E-state index contributed by atoms with van der Waals surface area (Å²) >= 11 is 6.75. The van der Waals surface area contributed by atoms with E-state index in [9.17, 15) is 4.79 Å². The van der Waals surface area contributed by atoms with Gasteiger partial charge < -0.3 is 16.4 Å². The van der Waals surface area contributed by atoms with Crippen molar-refractivity contribution in [1.82, 2.24) is 14.7 Å². The molecule has 4 rings (SSSR count). The summed E-state index contributed by atoms with van der Waals surface area (Å²) in [6.45, 7) is 1.63. The molecular formula is C23H24ClN5O. The first kappa shape index (κ1) is 20.0. The number of hydrogen-bond donors (Lipinski definition) is 2. The van der Waals surface area contributed by atoms with Crippen LogP contribution in [0.3, 0.4) is 0 Å². The molecule has 0 bridgehead atoms. The first-order valence-corrected chi connectivity index (χ1v) is 10.3. The highest BCUT2D eigenvalue weighted by molar-refractivity contribution is 6.53. The number of hydrogen-bond acceptors (Lipinski definition) is 4. The highest BCUT2D eigenvalue weighted by Crippen LogP contribution is 2.37. The lowest BCUT2D eigenvalue weighted by atomic mass is 10.0. The van der Waals surface area contributed by atoms with Gasteiger partial charge in [-0.15, -0.1) is 0 Å². The van der Waals surface area contributed by atoms with Crippen molar-refractivity contribution < 1.29 is 4.79 Å². The maximum Gasteiger partial charge on any atom is 0.244 e. The number of halogens is 1. The zero-order valence-corrected chi connectivity index (χ0v) is 17.3. The normalized spacial score (nSPS) is 14.6. The quantitative estimate of drug-likeness (QED) is 0.656. The Balaban J connectivity index is 1.80. The van der Waals surface area contributed by atoms with E-state index in [2.05, 4.69) is 5.10 Å². The Hall–Kier alpha value is -3.25. The van der Waals surface area contributed by atoms with Crippen molar-refractivity contribution in [3.8, 4) is 11.3 Å². The molecule has 154 valence electrons. The summed E-state index contributed by atoms with van der Waals surface area (Å²) in [6, 6.07) is 19.1. The van der Waals surface area contributed by atoms with Crippen molar-refractivity contribution in [2.45, 2.75) is 19.4 Å². The molecule has 0 radical (unpaired) electrons. The van der Waals surface area contributed by atoms with Crippen LogP contribution in [-0.2, 0) is 11.3 Å². The minimum absolute atomic E-state index is 0.00370. The topological polar surface area (TPSA) is 90.2 Å². The van der Waals surface area contributed by atoms with Crippen LogP contribution in [0.25, 0.3) is 22.0 Å². The third kappa shape index (κ3) is 3.91. The molecule has 1 aliphatic heterocycles. The molecule has 3 aromatic rings. The lowest BCUT2D eigenvalue weighted by Crippen LogP contribution is -2.31. The van der Waals surface area contributed by atoms with Gasteiger partial charge in [-0.05, 0) is 18.4 Å². The van der Waals surface area contributed by atoms with Gasteiger partial charge in [0.25, 0.3) is 0 Å². The van der Waals surface area contributed by atoms with E-state index in [0.717, 1.165) is 37.1 Å². The molecule has 0 unspecified atom stereocenters. The van der Waals surface area contributed by atoms with E-state index in [-0.39, 0.29) is 12.5 Å². The number of benzene rings is 2. The summed E-state index contributed by atoms with van der Waals surface area (Å²) in [7, 11) is 0. The lowest BCUT2D eigenvalue weighted by molar-refractivity contribution is -0.130. The molecule has 0 atom stereocenters. The van der Waals surface area contributed by atoms with Gasteiger partial charge in [0.05, 0.1) is 16.3 Å². The van der Waals surface area contributed by atoms with Crippen molar-refractivity contribution in [3.05, 3.63) is 71.8 Å². The van der Waals surface area contributed by atoms with Crippen LogP contribution in [0.5, 0.6) is 0 Å². The molecule has 0 spiro atoms. The highest BCUT2D eigenvalue weighted by atomic mass is 35.5. The number of amides is 1. The fourth-order valence-electron chi connectivity index (χ4n) is 3.68. The number of aromatic nitrogens is 2. The molecule has 30 heavy (non-hydrogen) atoms. The third-order valence-corrected chi connectivity index (χ3v) is 5.72. The highest BCUT2D eigenvalue weighted by Gasteiger charge is 2.25. The molecular weight excluding hydrogens is 398 g/mol. The first-order valence-electron chi connectivity index (χ1n) is 9.96. The average Bonchev–Trinajstić information content (AvgIpc) is 3.43. The first-order chi connectivity index (χ1) is 14.6. The molecule has 4 N–H and O–H groups in total. The molecule has 0 aliphatic carbocycles. The Morgan fingerprint density at radius 3 is 2.23 bits per heavy atom. The predicted molar refractivity (Wildman–Crippen MR) is 121 cm³/mol. The van der Waals surface area contributed by atoms with Crippen LogP contribution in [-0.4, -0.2) is 33.7 Å². The summed E-state index contributed by atoms with van der Waals surface area (Å²) in [5.74, 6) is 0.328. The molecule has 6 nitrogen and oxygen atoms in total. The number of nitrogens with two attached hydrogens (primary N) is 2. The molecule has 7 heteroatoms. The molecule has 1 fully saturated rings. The molecule has 2 aromatic carbocycles. The SMILES string of the molecule is N/C(=C(/Cl)c1c(-c2ccccc2)nn(CC(=O)N2CCCC2)c1N)c1ccccc1. The van der Waals surface area contributed by atoms with Crippen LogP contribution in [0.2, 0.25) is 0 Å². The average molecular weight is 422 g/mol. The summed E-state index contributed by atoms with van der Waals surface area (Å²) in [6.07, 6.45) is 2.06. The Bertz CT molecular complexity index is 1070. The van der Waals surface area contributed by atoms with Gasteiger partial charge >= 0.3 is 0 Å². The third-order valence-electron chi connectivity index (χ3n) is 5.32. The molecule has 2 heterocycles. The van der Waals surface area contributed by atoms with Crippen molar-refractivity contribution in [3.63, 3.8) is 0 Å². The van der Waals surface area contributed by atoms with E-state index in [1.807, 2.05) is 65.6 Å². The van der Waals surface area contributed by atoms with Crippen LogP contribution in [0.15, 0.2) is 60.7 Å². The van der Waals surface area contributed by atoms with Gasteiger partial charge in [-0.1, -0.05) is 72.3 Å². The Morgan fingerprint density at radius 2 is 1.60 bits per heavy atom. The number of carbonyl (C=O) groups excluding carboxylic acids is 1. The van der Waals surface area contributed by atoms with Gasteiger partial charge in [0.2, 0.25) is 5.91 Å². The summed E-state index contributed by atoms with van der Waals surface area (Å²) in [4.78, 5) is 14.5. The van der Waals surface area contributed by atoms with Crippen LogP contribution < -0.4 is 11.5 Å². The van der Waals surface area contributed by atoms with E-state index < -0.39 is 0 Å². The fraction of sp³-hybridized carbons (Fsp3) is 0.217. The maximum atomic E-state index is 12.7. The molecule has 1 saturated heterocycles. The zero-order valence-electron chi connectivity index (χ0n) is 16.6. The van der Waals surface area contributed by atoms with Gasteiger partial charge in [0.15, 0.2) is 0 Å². The van der Waals surface area contributed by atoms with E-state index in [4.69, 9.17) is 23.1 Å². The second kappa shape index (κ2) is 8.63. The Morgan fingerprint density at radius 1 is 1.00 bits per heavy atom. The van der Waals surface area contributed by atoms with Crippen LogP contribution in [0.4, 0.5) is 5.82 Å². The molecule has 1 aromatic heterocycles. The van der Waals surface area contributed by atoms with Crippen molar-refractivity contribution in [2.24, 2.45) is 5.73 Å². The second-order valence-electron chi connectivity index (χ2n) is 7.31. The minimum Gasteiger partial charge on any atom is -0.397 e. The predicted octanol–water partition coefficient (Wildman–Crippen LogP) is 3.78. The number of nitrogens with zero attached hydrogens (tertiary/aromatic N) is 3. The van der Waals surface area contributed by atoms with Crippen LogP contribution >= 0.6 is 11.6 Å². The van der Waals surface area contributed by atoms with Crippen LogP contribution in [0, 0.1) is 0 Å². The number of carbonyl (C=O) groups is 1. The lowest BCUT2D eigenvalue weighted by Gasteiger charge is -2.15. The maximum absolute atomic E-state index is 12.7. The largest absolute Gasteiger partial charge is 0.397 e. The number of nitrogen functional groups attached to an aromatic ring is 1. The van der Waals surface area contributed by atoms with E-state index >= 15 is 0 Å². The zero-order chi connectivity index (χ0) is 21.1. The van der Waals surface area contributed by atoms with Crippen molar-refractivity contribution >= 4 is 34.1 Å². The van der Waals surface area contributed by atoms with Gasteiger partial charge in [-0.2, -0.15) is 5.10 Å². The van der Waals surface area contributed by atoms with E-state index in [1.165, 1.54) is 4.68 Å². The number of rotatable bonds is 5. The molecule has 1 amide bonds. The van der Waals surface area contributed by atoms with E-state index in [1.54, 1.807) is 0 Å². The van der Waals surface area contributed by atoms with Crippen LogP contribution in [0.1, 0.15) is 24.0 Å². The van der Waals surface area contributed by atoms with Gasteiger partial charge in [-0.25, -0.2) is 4.68 Å². The Kier molecular flexibility index (Phi) is 5.77. The van der Waals surface area contributed by atoms with E-state index in [0.29, 0.717) is 27.8 Å². The number of anilines is 1. The number of likely N-dealkylation sites (tertiary alicyclic amines) is 1. The van der Waals surface area contributed by atoms with Gasteiger partial charge in [0, 0.05) is 18.7 Å². The van der Waals surface area contributed by atoms with Gasteiger partial charge in [-0.3, -0.25) is 4.79 Å². The summed E-state index contributed by atoms with van der Waals surface area (Å²) in [5.41, 5.74) is 16.0. The fourth-order valence-corrected chi connectivity index (χ4v) is 3.98. The molecule has 1 aliphatic rings. The summed E-state index contributed by atoms with van der Waals surface area (Å²) < 4.78 is 1.53.